The van der Waals surface area contributed by atoms with Crippen LogP contribution in [0.15, 0.2) is 18.2 Å². The second-order valence-corrected chi connectivity index (χ2v) is 5.32. The summed E-state index contributed by atoms with van der Waals surface area (Å²) in [6, 6.07) is 5.73. The first-order valence-electron chi connectivity index (χ1n) is 7.31. The predicted molar refractivity (Wildman–Crippen MR) is 80.4 cm³/mol. The third kappa shape index (κ3) is 3.81. The number of benzene rings is 1. The minimum atomic E-state index is 0.120. The lowest BCUT2D eigenvalue weighted by atomic mass is 10.0. The summed E-state index contributed by atoms with van der Waals surface area (Å²) < 4.78 is 5.43. The number of rotatable bonds is 6. The van der Waals surface area contributed by atoms with Gasteiger partial charge in [-0.05, 0) is 51.2 Å². The van der Waals surface area contributed by atoms with Crippen molar-refractivity contribution < 1.29 is 9.53 Å². The van der Waals surface area contributed by atoms with Gasteiger partial charge in [0, 0.05) is 17.7 Å². The number of carbonyl (C=O) groups excluding carboxylic acids is 1. The number of likely N-dealkylation sites (N-methyl/N-ethyl adjacent to an activating group) is 1. The van der Waals surface area contributed by atoms with Gasteiger partial charge in [0.15, 0.2) is 5.78 Å². The van der Waals surface area contributed by atoms with Crippen LogP contribution in [0.4, 0.5) is 0 Å². The Hall–Kier alpha value is -1.39. The molecule has 0 bridgehead atoms. The monoisotopic (exact) mass is 276 g/mol. The predicted octanol–water partition coefficient (Wildman–Crippen LogP) is 2.08. The molecule has 110 valence electrons. The fourth-order valence-corrected chi connectivity index (χ4v) is 2.70. The molecule has 20 heavy (non-hydrogen) atoms. The third-order valence-corrected chi connectivity index (χ3v) is 3.78. The van der Waals surface area contributed by atoms with Crippen LogP contribution in [0.5, 0.6) is 5.75 Å². The van der Waals surface area contributed by atoms with Crippen LogP contribution in [0, 0.1) is 0 Å². The minimum absolute atomic E-state index is 0.120. The van der Waals surface area contributed by atoms with Gasteiger partial charge >= 0.3 is 0 Å². The van der Waals surface area contributed by atoms with Gasteiger partial charge in [0.1, 0.15) is 5.75 Å². The van der Waals surface area contributed by atoms with Crippen LogP contribution < -0.4 is 10.1 Å². The number of piperidine rings is 1. The largest absolute Gasteiger partial charge is 0.496 e. The topological polar surface area (TPSA) is 41.6 Å². The Balaban J connectivity index is 2.15. The molecular weight excluding hydrogens is 252 g/mol. The van der Waals surface area contributed by atoms with Crippen LogP contribution in [0.25, 0.3) is 0 Å². The quantitative estimate of drug-likeness (QED) is 0.808. The lowest BCUT2D eigenvalue weighted by Crippen LogP contribution is -2.29. The Labute approximate surface area is 121 Å². The first-order chi connectivity index (χ1) is 9.74. The molecule has 4 heteroatoms. The number of nitrogens with zero attached hydrogens (tertiary/aromatic N) is 1. The molecule has 2 rings (SSSR count). The summed E-state index contributed by atoms with van der Waals surface area (Å²) in [5, 5.41) is 2.90. The molecule has 1 N–H and O–H groups in total. The lowest BCUT2D eigenvalue weighted by Gasteiger charge is -2.27. The number of hydrogen-bond acceptors (Lipinski definition) is 4. The fourth-order valence-electron chi connectivity index (χ4n) is 2.70. The van der Waals surface area contributed by atoms with Crippen LogP contribution in [-0.2, 0) is 6.54 Å². The molecule has 1 aliphatic heterocycles. The van der Waals surface area contributed by atoms with Gasteiger partial charge in [-0.2, -0.15) is 0 Å². The van der Waals surface area contributed by atoms with Gasteiger partial charge in [0.2, 0.25) is 0 Å². The van der Waals surface area contributed by atoms with Crippen LogP contribution in [0.1, 0.15) is 35.2 Å². The number of likely N-dealkylation sites (tertiary alicyclic amines) is 1. The van der Waals surface area contributed by atoms with E-state index in [1.807, 2.05) is 18.2 Å². The molecule has 0 aliphatic carbocycles. The Kier molecular flexibility index (Phi) is 5.56. The first-order valence-corrected chi connectivity index (χ1v) is 7.31. The summed E-state index contributed by atoms with van der Waals surface area (Å²) in [5.74, 6) is 0.992. The normalized spacial score (nSPS) is 16.1. The highest BCUT2D eigenvalue weighted by Gasteiger charge is 2.15. The van der Waals surface area contributed by atoms with Crippen molar-refractivity contribution in [1.82, 2.24) is 10.2 Å². The van der Waals surface area contributed by atoms with Gasteiger partial charge in [-0.1, -0.05) is 6.42 Å². The second-order valence-electron chi connectivity index (χ2n) is 5.32. The van der Waals surface area contributed by atoms with E-state index < -0.39 is 0 Å². The summed E-state index contributed by atoms with van der Waals surface area (Å²) in [5.41, 5.74) is 1.86. The molecular formula is C16H24N2O2. The maximum Gasteiger partial charge on any atom is 0.176 e. The number of ether oxygens (including phenoxy) is 1. The summed E-state index contributed by atoms with van der Waals surface area (Å²) in [6.07, 6.45) is 3.86. The molecule has 1 aromatic carbocycles. The number of ketones is 1. The smallest absolute Gasteiger partial charge is 0.176 e. The number of Topliss-reactive ketones (excluding diaryl/α,β-unsaturated/α-hetero) is 1. The van der Waals surface area contributed by atoms with Gasteiger partial charge < -0.3 is 10.1 Å². The minimum Gasteiger partial charge on any atom is -0.496 e. The third-order valence-electron chi connectivity index (χ3n) is 3.78. The highest BCUT2D eigenvalue weighted by Crippen LogP contribution is 2.23. The Morgan fingerprint density at radius 1 is 1.30 bits per heavy atom. The average Bonchev–Trinajstić information content (AvgIpc) is 2.48. The first kappa shape index (κ1) is 15.0. The van der Waals surface area contributed by atoms with Crippen molar-refractivity contribution in [2.75, 3.05) is 33.8 Å². The van der Waals surface area contributed by atoms with E-state index in [0.29, 0.717) is 6.54 Å². The highest BCUT2D eigenvalue weighted by atomic mass is 16.5. The van der Waals surface area contributed by atoms with E-state index >= 15 is 0 Å². The molecule has 0 spiro atoms. The van der Waals surface area contributed by atoms with Crippen LogP contribution in [-0.4, -0.2) is 44.5 Å². The molecule has 1 fully saturated rings. The van der Waals surface area contributed by atoms with Crippen molar-refractivity contribution >= 4 is 5.78 Å². The van der Waals surface area contributed by atoms with Gasteiger partial charge in [0.25, 0.3) is 0 Å². The molecule has 0 saturated carbocycles. The summed E-state index contributed by atoms with van der Waals surface area (Å²) in [4.78, 5) is 14.4. The molecule has 0 unspecified atom stereocenters. The number of hydrogen-bond donors (Lipinski definition) is 1. The second kappa shape index (κ2) is 7.41. The molecule has 1 aliphatic rings. The fraction of sp³-hybridized carbons (Fsp3) is 0.562. The summed E-state index contributed by atoms with van der Waals surface area (Å²) in [6.45, 7) is 3.51. The SMILES string of the molecule is CNCC(=O)c1ccc(OC)c(CN2CCCCC2)c1. The van der Waals surface area contributed by atoms with Crippen molar-refractivity contribution in [3.05, 3.63) is 29.3 Å². The zero-order chi connectivity index (χ0) is 14.4. The molecule has 1 aromatic rings. The van der Waals surface area contributed by atoms with Crippen molar-refractivity contribution in [3.8, 4) is 5.75 Å². The van der Waals surface area contributed by atoms with E-state index in [2.05, 4.69) is 10.2 Å². The molecule has 0 aromatic heterocycles. The van der Waals surface area contributed by atoms with Gasteiger partial charge in [0.05, 0.1) is 13.7 Å². The Morgan fingerprint density at radius 3 is 2.70 bits per heavy atom. The van der Waals surface area contributed by atoms with Crippen LogP contribution in [0.2, 0.25) is 0 Å². The Bertz CT molecular complexity index is 454. The summed E-state index contributed by atoms with van der Waals surface area (Å²) >= 11 is 0. The average molecular weight is 276 g/mol. The Morgan fingerprint density at radius 2 is 2.05 bits per heavy atom. The molecule has 1 saturated heterocycles. The van der Waals surface area contributed by atoms with Crippen molar-refractivity contribution in [1.29, 1.82) is 0 Å². The summed E-state index contributed by atoms with van der Waals surface area (Å²) in [7, 11) is 3.47. The molecule has 1 heterocycles. The zero-order valence-corrected chi connectivity index (χ0v) is 12.4. The van der Waals surface area contributed by atoms with Crippen molar-refractivity contribution in [2.24, 2.45) is 0 Å². The van der Waals surface area contributed by atoms with E-state index in [9.17, 15) is 4.79 Å². The van der Waals surface area contributed by atoms with Crippen LogP contribution >= 0.6 is 0 Å². The molecule has 0 atom stereocenters. The maximum atomic E-state index is 12.0. The van der Waals surface area contributed by atoms with E-state index in [4.69, 9.17) is 4.74 Å². The van der Waals surface area contributed by atoms with E-state index in [-0.39, 0.29) is 5.78 Å². The number of carbonyl (C=O) groups is 1. The van der Waals surface area contributed by atoms with Gasteiger partial charge in [-0.3, -0.25) is 9.69 Å². The van der Waals surface area contributed by atoms with Gasteiger partial charge in [-0.15, -0.1) is 0 Å². The zero-order valence-electron chi connectivity index (χ0n) is 12.4. The van der Waals surface area contributed by atoms with E-state index in [1.54, 1.807) is 14.2 Å². The molecule has 0 radical (unpaired) electrons. The standard InChI is InChI=1S/C16H24N2O2/c1-17-11-15(19)13-6-7-16(20-2)14(10-13)12-18-8-4-3-5-9-18/h6-7,10,17H,3-5,8-9,11-12H2,1-2H3. The van der Waals surface area contributed by atoms with Crippen molar-refractivity contribution in [2.45, 2.75) is 25.8 Å². The van der Waals surface area contributed by atoms with Crippen molar-refractivity contribution in [3.63, 3.8) is 0 Å². The maximum absolute atomic E-state index is 12.0. The van der Waals surface area contributed by atoms with E-state index in [0.717, 1.165) is 36.5 Å². The van der Waals surface area contributed by atoms with E-state index in [1.165, 1.54) is 19.3 Å². The highest BCUT2D eigenvalue weighted by molar-refractivity contribution is 5.97. The van der Waals surface area contributed by atoms with Crippen LogP contribution in [0.3, 0.4) is 0 Å². The molecule has 0 amide bonds. The van der Waals surface area contributed by atoms with Gasteiger partial charge in [-0.25, -0.2) is 0 Å². The number of nitrogens with one attached hydrogen (secondary N) is 1. The molecule has 4 nitrogen and oxygen atoms in total. The lowest BCUT2D eigenvalue weighted by molar-refractivity contribution is 0.0993. The number of methoxy groups -OCH3 is 1.